The van der Waals surface area contributed by atoms with E-state index in [1.807, 2.05) is 0 Å². The van der Waals surface area contributed by atoms with Crippen molar-refractivity contribution in [1.29, 1.82) is 0 Å². The molecule has 0 fully saturated rings. The van der Waals surface area contributed by atoms with Gasteiger partial charge in [-0.15, -0.1) is 0 Å². The zero-order valence-corrected chi connectivity index (χ0v) is 10.3. The topological polar surface area (TPSA) is 90.0 Å². The van der Waals surface area contributed by atoms with E-state index in [4.69, 9.17) is 4.42 Å². The number of aromatic nitrogens is 3. The average molecular weight is 268 g/mol. The summed E-state index contributed by atoms with van der Waals surface area (Å²) in [4.78, 5) is 4.24. The van der Waals surface area contributed by atoms with Gasteiger partial charge in [0.25, 0.3) is 0 Å². The highest BCUT2D eigenvalue weighted by Gasteiger charge is 2.25. The molecule has 2 aromatic rings. The number of rotatable bonds is 3. The minimum Gasteiger partial charge on any atom is -0.471 e. The first-order chi connectivity index (χ1) is 8.65. The van der Waals surface area contributed by atoms with Gasteiger partial charge in [-0.2, -0.15) is 5.10 Å². The van der Waals surface area contributed by atoms with Gasteiger partial charge in [0.1, 0.15) is 23.3 Å². The summed E-state index contributed by atoms with van der Waals surface area (Å²) in [7, 11) is -3.51. The monoisotopic (exact) mass is 268 g/mol. The van der Waals surface area contributed by atoms with E-state index in [0.29, 0.717) is 6.54 Å². The summed E-state index contributed by atoms with van der Waals surface area (Å²) in [5.74, 6) is 0.897. The number of nitrogens with one attached hydrogen (secondary N) is 1. The molecule has 8 heteroatoms. The van der Waals surface area contributed by atoms with E-state index in [0.717, 1.165) is 18.7 Å². The highest BCUT2D eigenvalue weighted by atomic mass is 32.2. The van der Waals surface area contributed by atoms with E-state index >= 15 is 0 Å². The number of aryl methyl sites for hydroxylation is 1. The SMILES string of the molecule is O=S(=O)(NC1CCc2ncnn2C1)c1ccoc1. The Kier molecular flexibility index (Phi) is 2.67. The first kappa shape index (κ1) is 11.4. The molecule has 0 saturated carbocycles. The van der Waals surface area contributed by atoms with E-state index in [2.05, 4.69) is 14.8 Å². The highest BCUT2D eigenvalue weighted by molar-refractivity contribution is 7.89. The predicted octanol–water partition coefficient (Wildman–Crippen LogP) is 0.164. The predicted molar refractivity (Wildman–Crippen MR) is 61.2 cm³/mol. The Morgan fingerprint density at radius 3 is 3.17 bits per heavy atom. The molecule has 0 spiro atoms. The van der Waals surface area contributed by atoms with Crippen molar-refractivity contribution in [2.45, 2.75) is 30.3 Å². The summed E-state index contributed by atoms with van der Waals surface area (Å²) in [6, 6.07) is 1.26. The summed E-state index contributed by atoms with van der Waals surface area (Å²) in [5, 5.41) is 4.05. The van der Waals surface area contributed by atoms with Crippen molar-refractivity contribution < 1.29 is 12.8 Å². The van der Waals surface area contributed by atoms with Gasteiger partial charge in [0.05, 0.1) is 12.8 Å². The van der Waals surface area contributed by atoms with Crippen LogP contribution in [0.3, 0.4) is 0 Å². The van der Waals surface area contributed by atoms with E-state index in [1.54, 1.807) is 4.68 Å². The van der Waals surface area contributed by atoms with Gasteiger partial charge >= 0.3 is 0 Å². The van der Waals surface area contributed by atoms with Gasteiger partial charge < -0.3 is 4.42 Å². The van der Waals surface area contributed by atoms with Crippen LogP contribution in [0.4, 0.5) is 0 Å². The smallest absolute Gasteiger partial charge is 0.244 e. The van der Waals surface area contributed by atoms with Crippen molar-refractivity contribution in [2.24, 2.45) is 0 Å². The van der Waals surface area contributed by atoms with Gasteiger partial charge in [0, 0.05) is 12.5 Å². The van der Waals surface area contributed by atoms with Gasteiger partial charge in [-0.1, -0.05) is 0 Å². The number of hydrogen-bond acceptors (Lipinski definition) is 5. The maximum absolute atomic E-state index is 12.0. The quantitative estimate of drug-likeness (QED) is 0.856. The molecule has 0 aromatic carbocycles. The molecule has 96 valence electrons. The molecular formula is C10H12N4O3S. The van der Waals surface area contributed by atoms with Gasteiger partial charge in [0.2, 0.25) is 10.0 Å². The van der Waals surface area contributed by atoms with Crippen molar-refractivity contribution in [3.8, 4) is 0 Å². The van der Waals surface area contributed by atoms with Crippen molar-refractivity contribution in [3.63, 3.8) is 0 Å². The zero-order chi connectivity index (χ0) is 12.6. The molecule has 1 aliphatic heterocycles. The van der Waals surface area contributed by atoms with Gasteiger partial charge in [-0.3, -0.25) is 0 Å². The molecule has 18 heavy (non-hydrogen) atoms. The molecule has 2 aromatic heterocycles. The van der Waals surface area contributed by atoms with Gasteiger partial charge in [0.15, 0.2) is 0 Å². The second-order valence-electron chi connectivity index (χ2n) is 4.17. The van der Waals surface area contributed by atoms with Crippen LogP contribution in [-0.2, 0) is 23.0 Å². The molecule has 1 N–H and O–H groups in total. The van der Waals surface area contributed by atoms with Crippen LogP contribution in [0, 0.1) is 0 Å². The minimum atomic E-state index is -3.51. The number of fused-ring (bicyclic) bond motifs is 1. The number of furan rings is 1. The molecular weight excluding hydrogens is 256 g/mol. The van der Waals surface area contributed by atoms with Crippen molar-refractivity contribution in [1.82, 2.24) is 19.5 Å². The Balaban J connectivity index is 1.75. The van der Waals surface area contributed by atoms with Crippen LogP contribution < -0.4 is 4.72 Å². The van der Waals surface area contributed by atoms with Crippen LogP contribution in [0.5, 0.6) is 0 Å². The summed E-state index contributed by atoms with van der Waals surface area (Å²) in [6.45, 7) is 0.506. The molecule has 3 heterocycles. The van der Waals surface area contributed by atoms with E-state index in [9.17, 15) is 8.42 Å². The summed E-state index contributed by atoms with van der Waals surface area (Å²) >= 11 is 0. The highest BCUT2D eigenvalue weighted by Crippen LogP contribution is 2.15. The average Bonchev–Trinajstić information content (AvgIpc) is 2.99. The third-order valence-corrected chi connectivity index (χ3v) is 4.43. The molecule has 0 bridgehead atoms. The molecule has 0 aliphatic carbocycles. The first-order valence-corrected chi connectivity index (χ1v) is 7.05. The molecule has 0 radical (unpaired) electrons. The fourth-order valence-electron chi connectivity index (χ4n) is 2.03. The van der Waals surface area contributed by atoms with E-state index in [-0.39, 0.29) is 10.9 Å². The molecule has 0 saturated heterocycles. The molecule has 3 rings (SSSR count). The lowest BCUT2D eigenvalue weighted by Gasteiger charge is -2.22. The summed E-state index contributed by atoms with van der Waals surface area (Å²) in [6.07, 6.45) is 5.48. The Labute approximate surface area is 104 Å². The normalized spacial score (nSPS) is 19.7. The Morgan fingerprint density at radius 2 is 2.39 bits per heavy atom. The molecule has 7 nitrogen and oxygen atoms in total. The van der Waals surface area contributed by atoms with E-state index in [1.165, 1.54) is 24.9 Å². The summed E-state index contributed by atoms with van der Waals surface area (Å²) in [5.41, 5.74) is 0. The van der Waals surface area contributed by atoms with Crippen LogP contribution in [0.25, 0.3) is 0 Å². The van der Waals surface area contributed by atoms with Crippen LogP contribution in [-0.4, -0.2) is 29.2 Å². The van der Waals surface area contributed by atoms with Crippen molar-refractivity contribution in [2.75, 3.05) is 0 Å². The molecule has 1 atom stereocenters. The second-order valence-corrected chi connectivity index (χ2v) is 5.89. The fraction of sp³-hybridized carbons (Fsp3) is 0.400. The number of hydrogen-bond donors (Lipinski definition) is 1. The maximum Gasteiger partial charge on any atom is 0.244 e. The zero-order valence-electron chi connectivity index (χ0n) is 9.48. The Bertz CT molecular complexity index is 632. The van der Waals surface area contributed by atoms with Crippen LogP contribution >= 0.6 is 0 Å². The lowest BCUT2D eigenvalue weighted by atomic mass is 10.1. The number of nitrogens with zero attached hydrogens (tertiary/aromatic N) is 3. The Morgan fingerprint density at radius 1 is 1.50 bits per heavy atom. The fourth-order valence-corrected chi connectivity index (χ4v) is 3.21. The minimum absolute atomic E-state index is 0.145. The van der Waals surface area contributed by atoms with E-state index < -0.39 is 10.0 Å². The van der Waals surface area contributed by atoms with Gasteiger partial charge in [-0.25, -0.2) is 22.8 Å². The van der Waals surface area contributed by atoms with Crippen LogP contribution in [0.15, 0.2) is 34.2 Å². The Hall–Kier alpha value is -1.67. The maximum atomic E-state index is 12.0. The third-order valence-electron chi connectivity index (χ3n) is 2.93. The molecule has 1 aliphatic rings. The lowest BCUT2D eigenvalue weighted by molar-refractivity contribution is 0.395. The van der Waals surface area contributed by atoms with Crippen molar-refractivity contribution >= 4 is 10.0 Å². The van der Waals surface area contributed by atoms with Crippen LogP contribution in [0.2, 0.25) is 0 Å². The standard InChI is InChI=1S/C10H12N4O3S/c15-18(16,9-3-4-17-6-9)13-8-1-2-10-11-7-12-14(10)5-8/h3-4,6-8,13H,1-2,5H2. The third kappa shape index (κ3) is 2.04. The largest absolute Gasteiger partial charge is 0.471 e. The van der Waals surface area contributed by atoms with Crippen LogP contribution in [0.1, 0.15) is 12.2 Å². The second kappa shape index (κ2) is 4.21. The van der Waals surface area contributed by atoms with Gasteiger partial charge in [-0.05, 0) is 12.5 Å². The summed E-state index contributed by atoms with van der Waals surface area (Å²) < 4.78 is 33.2. The first-order valence-electron chi connectivity index (χ1n) is 5.56. The molecule has 0 amide bonds. The lowest BCUT2D eigenvalue weighted by Crippen LogP contribution is -2.41. The molecule has 1 unspecified atom stereocenters. The van der Waals surface area contributed by atoms with Crippen molar-refractivity contribution in [3.05, 3.63) is 30.7 Å². The number of sulfonamides is 1.